The van der Waals surface area contributed by atoms with Crippen molar-refractivity contribution < 1.29 is 14.5 Å². The van der Waals surface area contributed by atoms with Crippen molar-refractivity contribution in [1.82, 2.24) is 0 Å². The molecular formula is C5H11NO3S. The number of hydrogen-bond acceptors (Lipinski definition) is 3. The van der Waals surface area contributed by atoms with Gasteiger partial charge in [-0.3, -0.25) is 4.79 Å². The molecule has 0 heterocycles. The molecule has 0 aliphatic rings. The summed E-state index contributed by atoms with van der Waals surface area (Å²) >= 11 is -1.17. The maximum atomic E-state index is 10.7. The molecule has 0 aromatic rings. The summed E-state index contributed by atoms with van der Waals surface area (Å²) < 4.78 is 10.7. The summed E-state index contributed by atoms with van der Waals surface area (Å²) in [4.78, 5) is 10.2. The van der Waals surface area contributed by atoms with E-state index >= 15 is 0 Å². The second-order valence-electron chi connectivity index (χ2n) is 2.07. The van der Waals surface area contributed by atoms with E-state index in [-0.39, 0.29) is 0 Å². The minimum atomic E-state index is -1.17. The number of carboxylic acids is 1. The van der Waals surface area contributed by atoms with Gasteiger partial charge in [-0.25, -0.2) is 0 Å². The Kier molecular flexibility index (Phi) is 3.70. The van der Waals surface area contributed by atoms with E-state index in [1.807, 2.05) is 0 Å². The lowest BCUT2D eigenvalue weighted by molar-refractivity contribution is -0.138. The third-order valence-electron chi connectivity index (χ3n) is 1.31. The first kappa shape index (κ1) is 9.74. The fourth-order valence-corrected chi connectivity index (χ4v) is 0.937. The number of nitrogens with two attached hydrogens (primary N) is 1. The van der Waals surface area contributed by atoms with Gasteiger partial charge in [-0.1, -0.05) is 11.2 Å². The smallest absolute Gasteiger partial charge is 0.325 e. The minimum Gasteiger partial charge on any atom is -0.616 e. The van der Waals surface area contributed by atoms with Crippen LogP contribution in [0.25, 0.3) is 0 Å². The third-order valence-corrected chi connectivity index (χ3v) is 2.65. The lowest BCUT2D eigenvalue weighted by atomic mass is 10.2. The fourth-order valence-electron chi connectivity index (χ4n) is 0.407. The van der Waals surface area contributed by atoms with Crippen LogP contribution < -0.4 is 5.73 Å². The van der Waals surface area contributed by atoms with Gasteiger partial charge in [-0.05, 0) is 6.92 Å². The molecule has 0 spiro atoms. The molecule has 5 heteroatoms. The largest absolute Gasteiger partial charge is 0.616 e. The van der Waals surface area contributed by atoms with Gasteiger partial charge in [-0.2, -0.15) is 0 Å². The van der Waals surface area contributed by atoms with Crippen molar-refractivity contribution in [3.05, 3.63) is 0 Å². The van der Waals surface area contributed by atoms with Crippen LogP contribution in [0, 0.1) is 0 Å². The number of hydrogen-bond donors (Lipinski definition) is 2. The number of rotatable bonds is 3. The van der Waals surface area contributed by atoms with Crippen LogP contribution in [-0.4, -0.2) is 33.2 Å². The first-order chi connectivity index (χ1) is 4.46. The molecule has 0 fully saturated rings. The molecule has 0 bridgehead atoms. The van der Waals surface area contributed by atoms with E-state index in [0.29, 0.717) is 0 Å². The van der Waals surface area contributed by atoms with Crippen LogP contribution in [0.4, 0.5) is 0 Å². The van der Waals surface area contributed by atoms with E-state index in [1.165, 1.54) is 6.26 Å². The van der Waals surface area contributed by atoms with Crippen LogP contribution in [0.15, 0.2) is 0 Å². The second kappa shape index (κ2) is 3.80. The third kappa shape index (κ3) is 2.55. The molecule has 0 amide bonds. The van der Waals surface area contributed by atoms with Crippen molar-refractivity contribution in [2.75, 3.05) is 6.26 Å². The summed E-state index contributed by atoms with van der Waals surface area (Å²) in [6, 6.07) is -1.02. The van der Waals surface area contributed by atoms with Crippen molar-refractivity contribution in [2.24, 2.45) is 5.73 Å². The Balaban J connectivity index is 3.94. The summed E-state index contributed by atoms with van der Waals surface area (Å²) in [6.45, 7) is 1.55. The molecule has 0 aliphatic carbocycles. The zero-order valence-corrected chi connectivity index (χ0v) is 6.72. The molecule has 60 valence electrons. The number of carbonyl (C=O) groups is 1. The van der Waals surface area contributed by atoms with Gasteiger partial charge in [-0.15, -0.1) is 0 Å². The Morgan fingerprint density at radius 3 is 2.30 bits per heavy atom. The normalized spacial score (nSPS) is 19.6. The SMILES string of the molecule is CC(C(N)C(=O)O)[S+](C)[O-]. The van der Waals surface area contributed by atoms with Crippen molar-refractivity contribution >= 4 is 17.1 Å². The zero-order valence-electron chi connectivity index (χ0n) is 5.90. The summed E-state index contributed by atoms with van der Waals surface area (Å²) in [5, 5.41) is 7.85. The molecule has 10 heavy (non-hydrogen) atoms. The van der Waals surface area contributed by atoms with Crippen LogP contribution in [0.5, 0.6) is 0 Å². The molecule has 0 aliphatic heterocycles. The highest BCUT2D eigenvalue weighted by molar-refractivity contribution is 7.91. The van der Waals surface area contributed by atoms with Crippen molar-refractivity contribution in [3.8, 4) is 0 Å². The molecular weight excluding hydrogens is 154 g/mol. The van der Waals surface area contributed by atoms with Gasteiger partial charge >= 0.3 is 5.97 Å². The summed E-state index contributed by atoms with van der Waals surface area (Å²) in [7, 11) is 0. The number of aliphatic carboxylic acids is 1. The molecule has 4 nitrogen and oxygen atoms in total. The molecule has 3 unspecified atom stereocenters. The van der Waals surface area contributed by atoms with E-state index in [0.717, 1.165) is 0 Å². The Bertz CT molecular complexity index is 128. The fraction of sp³-hybridized carbons (Fsp3) is 0.800. The van der Waals surface area contributed by atoms with Gasteiger partial charge in [0.25, 0.3) is 0 Å². The zero-order chi connectivity index (χ0) is 8.31. The van der Waals surface area contributed by atoms with Gasteiger partial charge in [0.1, 0.15) is 5.25 Å². The molecule has 0 radical (unpaired) electrons. The van der Waals surface area contributed by atoms with Gasteiger partial charge in [0, 0.05) is 0 Å². The van der Waals surface area contributed by atoms with Crippen molar-refractivity contribution in [3.63, 3.8) is 0 Å². The Morgan fingerprint density at radius 1 is 1.80 bits per heavy atom. The van der Waals surface area contributed by atoms with E-state index in [4.69, 9.17) is 10.8 Å². The maximum Gasteiger partial charge on any atom is 0.325 e. The topological polar surface area (TPSA) is 86.4 Å². The van der Waals surface area contributed by atoms with Gasteiger partial charge in [0.15, 0.2) is 6.04 Å². The van der Waals surface area contributed by atoms with Crippen LogP contribution >= 0.6 is 0 Å². The van der Waals surface area contributed by atoms with E-state index in [9.17, 15) is 9.35 Å². The molecule has 0 aromatic heterocycles. The van der Waals surface area contributed by atoms with Crippen LogP contribution in [0.3, 0.4) is 0 Å². The summed E-state index contributed by atoms with van der Waals surface area (Å²) in [5.41, 5.74) is 5.17. The summed E-state index contributed by atoms with van der Waals surface area (Å²) in [5.74, 6) is -1.11. The predicted molar refractivity (Wildman–Crippen MR) is 39.1 cm³/mol. The van der Waals surface area contributed by atoms with Gasteiger partial charge in [0.05, 0.1) is 6.26 Å². The lowest BCUT2D eigenvalue weighted by Crippen LogP contribution is -2.43. The lowest BCUT2D eigenvalue weighted by Gasteiger charge is -2.16. The average molecular weight is 165 g/mol. The maximum absolute atomic E-state index is 10.7. The standard InChI is InChI=1S/C5H11NO3S/c1-3(10(2)9)4(6)5(7)8/h3-4H,6H2,1-2H3,(H,7,8). The highest BCUT2D eigenvalue weighted by Gasteiger charge is 2.26. The van der Waals surface area contributed by atoms with Gasteiger partial charge < -0.3 is 15.4 Å². The quantitative estimate of drug-likeness (QED) is 0.534. The van der Waals surface area contributed by atoms with E-state index < -0.39 is 28.4 Å². The first-order valence-electron chi connectivity index (χ1n) is 2.77. The first-order valence-corrected chi connectivity index (χ1v) is 4.39. The molecule has 3 atom stereocenters. The minimum absolute atomic E-state index is 0.488. The molecule has 0 saturated carbocycles. The Hall–Kier alpha value is -0.260. The van der Waals surface area contributed by atoms with Crippen LogP contribution in [0.1, 0.15) is 6.92 Å². The Morgan fingerprint density at radius 2 is 2.20 bits per heavy atom. The van der Waals surface area contributed by atoms with Crippen molar-refractivity contribution in [2.45, 2.75) is 18.2 Å². The highest BCUT2D eigenvalue weighted by atomic mass is 32.2. The molecule has 0 rings (SSSR count). The van der Waals surface area contributed by atoms with E-state index in [2.05, 4.69) is 0 Å². The molecule has 0 aromatic carbocycles. The highest BCUT2D eigenvalue weighted by Crippen LogP contribution is 2.01. The van der Waals surface area contributed by atoms with Gasteiger partial charge in [0.2, 0.25) is 0 Å². The monoisotopic (exact) mass is 165 g/mol. The van der Waals surface area contributed by atoms with Crippen LogP contribution in [-0.2, 0) is 16.0 Å². The number of carboxylic acid groups (broad SMARTS) is 1. The molecule has 0 saturated heterocycles. The Labute approximate surface area is 62.6 Å². The van der Waals surface area contributed by atoms with E-state index in [1.54, 1.807) is 6.92 Å². The predicted octanol–water partition coefficient (Wildman–Crippen LogP) is -0.835. The van der Waals surface area contributed by atoms with Crippen molar-refractivity contribution in [1.29, 1.82) is 0 Å². The average Bonchev–Trinajstić information content (AvgIpc) is 1.84. The second-order valence-corrected chi connectivity index (χ2v) is 3.81. The summed E-state index contributed by atoms with van der Waals surface area (Å²) in [6.07, 6.45) is 1.44. The van der Waals surface area contributed by atoms with Crippen LogP contribution in [0.2, 0.25) is 0 Å². The molecule has 3 N–H and O–H groups in total.